The van der Waals surface area contributed by atoms with Crippen LogP contribution in [-0.4, -0.2) is 42.2 Å². The monoisotopic (exact) mass is 301 g/mol. The quantitative estimate of drug-likeness (QED) is 0.788. The molecule has 21 heavy (non-hydrogen) atoms. The van der Waals surface area contributed by atoms with Crippen molar-refractivity contribution in [1.82, 2.24) is 5.32 Å². The zero-order valence-electron chi connectivity index (χ0n) is 14.2. The molecule has 0 aromatic carbocycles. The first-order valence-corrected chi connectivity index (χ1v) is 7.86. The van der Waals surface area contributed by atoms with Gasteiger partial charge in [-0.15, -0.1) is 0 Å². The Morgan fingerprint density at radius 1 is 1.38 bits per heavy atom. The summed E-state index contributed by atoms with van der Waals surface area (Å²) in [4.78, 5) is 12.3. The number of rotatable bonds is 6. The molecule has 1 heterocycles. The summed E-state index contributed by atoms with van der Waals surface area (Å²) in [7, 11) is 0. The summed E-state index contributed by atoms with van der Waals surface area (Å²) >= 11 is 0. The number of carbonyl (C=O) groups is 1. The minimum absolute atomic E-state index is 0.132. The third kappa shape index (κ3) is 5.24. The molecule has 1 fully saturated rings. The Morgan fingerprint density at radius 2 is 2.00 bits per heavy atom. The maximum absolute atomic E-state index is 12.3. The lowest BCUT2D eigenvalue weighted by Gasteiger charge is -2.44. The first kappa shape index (κ1) is 18.4. The van der Waals surface area contributed by atoms with Crippen molar-refractivity contribution in [2.45, 2.75) is 72.4 Å². The van der Waals surface area contributed by atoms with Crippen LogP contribution in [0.4, 0.5) is 0 Å². The largest absolute Gasteiger partial charge is 0.393 e. The Labute approximate surface area is 128 Å². The van der Waals surface area contributed by atoms with Crippen LogP contribution in [0.5, 0.6) is 0 Å². The van der Waals surface area contributed by atoms with Gasteiger partial charge in [0.1, 0.15) is 6.10 Å². The van der Waals surface area contributed by atoms with Gasteiger partial charge in [0.2, 0.25) is 5.91 Å². The number of ether oxygens (including phenoxy) is 2. The summed E-state index contributed by atoms with van der Waals surface area (Å²) < 4.78 is 11.4. The topological polar surface area (TPSA) is 67.8 Å². The van der Waals surface area contributed by atoms with E-state index in [2.05, 4.69) is 5.32 Å². The highest BCUT2D eigenvalue weighted by atomic mass is 16.7. The molecule has 5 heteroatoms. The molecule has 1 aliphatic heterocycles. The molecule has 1 rings (SSSR count). The molecule has 2 N–H and O–H groups in total. The molecule has 0 aromatic heterocycles. The Morgan fingerprint density at radius 3 is 2.57 bits per heavy atom. The highest BCUT2D eigenvalue weighted by molar-refractivity contribution is 5.81. The highest BCUT2D eigenvalue weighted by Crippen LogP contribution is 2.34. The summed E-state index contributed by atoms with van der Waals surface area (Å²) in [5.41, 5.74) is -0.366. The maximum Gasteiger partial charge on any atom is 0.249 e. The van der Waals surface area contributed by atoms with Crippen molar-refractivity contribution in [1.29, 1.82) is 0 Å². The summed E-state index contributed by atoms with van der Waals surface area (Å²) in [5.74, 6) is -0.627. The average molecular weight is 301 g/mol. The standard InChI is InChI=1S/C16H31NO4/c1-7-11(2)12(18)8-9-17-14(19)13-15(3,4)10-20-16(5,6)21-13/h11-13,18H,7-10H2,1-6H3,(H,17,19). The minimum atomic E-state index is -0.742. The van der Waals surface area contributed by atoms with Gasteiger partial charge in [0, 0.05) is 12.0 Å². The van der Waals surface area contributed by atoms with E-state index in [1.807, 2.05) is 41.5 Å². The van der Waals surface area contributed by atoms with E-state index in [-0.39, 0.29) is 23.3 Å². The van der Waals surface area contributed by atoms with Gasteiger partial charge in [0.05, 0.1) is 12.7 Å². The number of carbonyl (C=O) groups excluding carboxylic acids is 1. The van der Waals surface area contributed by atoms with E-state index in [4.69, 9.17) is 9.47 Å². The summed E-state index contributed by atoms with van der Waals surface area (Å²) in [5, 5.41) is 12.8. The SMILES string of the molecule is CCC(C)C(O)CCNC(=O)C1OC(C)(C)OCC1(C)C. The van der Waals surface area contributed by atoms with Crippen molar-refractivity contribution in [3.05, 3.63) is 0 Å². The molecule has 0 bridgehead atoms. The van der Waals surface area contributed by atoms with Crippen LogP contribution in [0.2, 0.25) is 0 Å². The molecule has 0 radical (unpaired) electrons. The molecular weight excluding hydrogens is 270 g/mol. The molecule has 0 aromatic rings. The van der Waals surface area contributed by atoms with Crippen molar-refractivity contribution < 1.29 is 19.4 Å². The van der Waals surface area contributed by atoms with Crippen LogP contribution in [0.1, 0.15) is 54.4 Å². The van der Waals surface area contributed by atoms with E-state index < -0.39 is 11.9 Å². The van der Waals surface area contributed by atoms with Crippen molar-refractivity contribution in [3.8, 4) is 0 Å². The number of hydrogen-bond donors (Lipinski definition) is 2. The van der Waals surface area contributed by atoms with Crippen LogP contribution < -0.4 is 5.32 Å². The summed E-state index contributed by atoms with van der Waals surface area (Å²) in [6, 6.07) is 0. The first-order chi connectivity index (χ1) is 9.59. The lowest BCUT2D eigenvalue weighted by atomic mass is 9.85. The fourth-order valence-electron chi connectivity index (χ4n) is 2.31. The second kappa shape index (κ2) is 7.07. The maximum atomic E-state index is 12.3. The number of amides is 1. The zero-order valence-corrected chi connectivity index (χ0v) is 14.2. The Balaban J connectivity index is 2.50. The van der Waals surface area contributed by atoms with Gasteiger partial charge < -0.3 is 19.9 Å². The van der Waals surface area contributed by atoms with E-state index in [1.165, 1.54) is 0 Å². The van der Waals surface area contributed by atoms with Gasteiger partial charge in [-0.1, -0.05) is 34.1 Å². The van der Waals surface area contributed by atoms with Gasteiger partial charge >= 0.3 is 0 Å². The van der Waals surface area contributed by atoms with E-state index in [1.54, 1.807) is 0 Å². The number of aliphatic hydroxyl groups is 1. The van der Waals surface area contributed by atoms with Crippen LogP contribution in [0.3, 0.4) is 0 Å². The number of aliphatic hydroxyl groups excluding tert-OH is 1. The summed E-state index contributed by atoms with van der Waals surface area (Å²) in [6.07, 6.45) is 0.574. The van der Waals surface area contributed by atoms with Crippen LogP contribution in [-0.2, 0) is 14.3 Å². The lowest BCUT2D eigenvalue weighted by molar-refractivity contribution is -0.304. The van der Waals surface area contributed by atoms with Crippen molar-refractivity contribution >= 4 is 5.91 Å². The Hall–Kier alpha value is -0.650. The minimum Gasteiger partial charge on any atom is -0.393 e. The molecule has 0 spiro atoms. The highest BCUT2D eigenvalue weighted by Gasteiger charge is 2.45. The lowest BCUT2D eigenvalue weighted by Crippen LogP contribution is -2.56. The molecule has 0 aliphatic carbocycles. The van der Waals surface area contributed by atoms with Gasteiger partial charge in [-0.3, -0.25) is 4.79 Å². The third-order valence-electron chi connectivity index (χ3n) is 4.18. The molecule has 1 aliphatic rings. The predicted octanol–water partition coefficient (Wildman–Crippen LogP) is 2.08. The van der Waals surface area contributed by atoms with Gasteiger partial charge in [-0.25, -0.2) is 0 Å². The summed E-state index contributed by atoms with van der Waals surface area (Å²) in [6.45, 7) is 12.5. The molecule has 1 amide bonds. The molecule has 0 saturated carbocycles. The van der Waals surface area contributed by atoms with Crippen molar-refractivity contribution in [2.24, 2.45) is 11.3 Å². The molecule has 1 saturated heterocycles. The van der Waals surface area contributed by atoms with E-state index in [9.17, 15) is 9.90 Å². The van der Waals surface area contributed by atoms with E-state index in [0.29, 0.717) is 19.6 Å². The normalized spacial score (nSPS) is 26.9. The molecule has 124 valence electrons. The Bertz CT molecular complexity index is 354. The zero-order chi connectivity index (χ0) is 16.3. The molecule has 5 nitrogen and oxygen atoms in total. The van der Waals surface area contributed by atoms with Crippen LogP contribution in [0.25, 0.3) is 0 Å². The van der Waals surface area contributed by atoms with E-state index >= 15 is 0 Å². The number of nitrogens with one attached hydrogen (secondary N) is 1. The Kier molecular flexibility index (Phi) is 6.20. The second-order valence-electron chi connectivity index (χ2n) is 7.21. The van der Waals surface area contributed by atoms with Crippen molar-refractivity contribution in [2.75, 3.05) is 13.2 Å². The van der Waals surface area contributed by atoms with Crippen LogP contribution >= 0.6 is 0 Å². The van der Waals surface area contributed by atoms with Crippen LogP contribution in [0, 0.1) is 11.3 Å². The molecule has 3 unspecified atom stereocenters. The second-order valence-corrected chi connectivity index (χ2v) is 7.21. The first-order valence-electron chi connectivity index (χ1n) is 7.86. The third-order valence-corrected chi connectivity index (χ3v) is 4.18. The number of hydrogen-bond acceptors (Lipinski definition) is 4. The van der Waals surface area contributed by atoms with Gasteiger partial charge in [0.25, 0.3) is 0 Å². The fraction of sp³-hybridized carbons (Fsp3) is 0.938. The van der Waals surface area contributed by atoms with Crippen LogP contribution in [0.15, 0.2) is 0 Å². The van der Waals surface area contributed by atoms with Gasteiger partial charge in [-0.2, -0.15) is 0 Å². The fourth-order valence-corrected chi connectivity index (χ4v) is 2.31. The molecular formula is C16H31NO4. The van der Waals surface area contributed by atoms with Crippen molar-refractivity contribution in [3.63, 3.8) is 0 Å². The average Bonchev–Trinajstić information content (AvgIpc) is 2.40. The van der Waals surface area contributed by atoms with Gasteiger partial charge in [0.15, 0.2) is 5.79 Å². The predicted molar refractivity (Wildman–Crippen MR) is 81.8 cm³/mol. The molecule has 3 atom stereocenters. The van der Waals surface area contributed by atoms with E-state index in [0.717, 1.165) is 6.42 Å². The smallest absolute Gasteiger partial charge is 0.249 e. The van der Waals surface area contributed by atoms with Gasteiger partial charge in [-0.05, 0) is 26.2 Å².